The Morgan fingerprint density at radius 1 is 0.540 bits per heavy atom. The van der Waals surface area contributed by atoms with Crippen molar-refractivity contribution in [2.75, 3.05) is 13.2 Å². The Labute approximate surface area is 384 Å². The van der Waals surface area contributed by atoms with Gasteiger partial charge in [-0.25, -0.2) is 0 Å². The summed E-state index contributed by atoms with van der Waals surface area (Å²) >= 11 is 0. The first-order valence-electron chi connectivity index (χ1n) is 26.2. The van der Waals surface area contributed by atoms with Crippen LogP contribution in [0.1, 0.15) is 232 Å². The molecule has 0 saturated carbocycles. The maximum absolute atomic E-state index is 13.1. The number of carbonyl (C=O) groups is 1. The first-order valence-corrected chi connectivity index (χ1v) is 26.2. The molecule has 0 aromatic heterocycles. The zero-order valence-electron chi connectivity index (χ0n) is 40.3. The molecule has 1 rings (SSSR count). The van der Waals surface area contributed by atoms with Gasteiger partial charge in [-0.1, -0.05) is 192 Å². The molecule has 8 N–H and O–H groups in total. The number of allylic oxidation sites excluding steroid dienone is 4. The average Bonchev–Trinajstić information content (AvgIpc) is 3.28. The lowest BCUT2D eigenvalue weighted by atomic mass is 9.98. The van der Waals surface area contributed by atoms with E-state index in [0.717, 1.165) is 57.8 Å². The van der Waals surface area contributed by atoms with Crippen LogP contribution in [-0.4, -0.2) is 110 Å². The van der Waals surface area contributed by atoms with Gasteiger partial charge in [-0.05, 0) is 64.2 Å². The van der Waals surface area contributed by atoms with Crippen molar-refractivity contribution in [3.8, 4) is 0 Å². The van der Waals surface area contributed by atoms with Gasteiger partial charge in [0.2, 0.25) is 5.91 Å². The van der Waals surface area contributed by atoms with E-state index in [4.69, 9.17) is 9.47 Å². The molecule has 0 aromatic carbocycles. The standard InChI is InChI=1S/C52H99NO10/c1-3-5-7-9-11-13-15-17-19-21-22-23-24-26-27-29-31-33-35-37-39-44(55)47(57)43(42-62-52-50(60)49(59)48(58)46(41-54)63-52)53-51(61)45(56)40-38-36-34-32-30-28-25-20-18-16-14-12-10-8-6-4-2/h18,20,31,33,43-50,52,54-60H,3-17,19,21-30,32,34-42H2,1-2H3,(H,53,61)/b20-18-,33-31+. The smallest absolute Gasteiger partial charge is 0.249 e. The molecule has 1 saturated heterocycles. The quantitative estimate of drug-likeness (QED) is 0.0216. The molecule has 9 atom stereocenters. The molecule has 11 nitrogen and oxygen atoms in total. The molecule has 0 aromatic rings. The lowest BCUT2D eigenvalue weighted by Crippen LogP contribution is -2.60. The van der Waals surface area contributed by atoms with E-state index in [1.54, 1.807) is 0 Å². The summed E-state index contributed by atoms with van der Waals surface area (Å²) in [6, 6.07) is -1.19. The topological polar surface area (TPSA) is 189 Å². The Morgan fingerprint density at radius 3 is 1.37 bits per heavy atom. The average molecular weight is 898 g/mol. The van der Waals surface area contributed by atoms with Gasteiger partial charge >= 0.3 is 0 Å². The molecule has 1 heterocycles. The molecular weight excluding hydrogens is 799 g/mol. The van der Waals surface area contributed by atoms with Crippen LogP contribution in [0.2, 0.25) is 0 Å². The largest absolute Gasteiger partial charge is 0.394 e. The number of hydrogen-bond acceptors (Lipinski definition) is 10. The van der Waals surface area contributed by atoms with E-state index < -0.39 is 74.2 Å². The highest BCUT2D eigenvalue weighted by molar-refractivity contribution is 5.80. The number of hydrogen-bond donors (Lipinski definition) is 8. The molecule has 0 radical (unpaired) electrons. The summed E-state index contributed by atoms with van der Waals surface area (Å²) in [5, 5.41) is 75.9. The minimum Gasteiger partial charge on any atom is -0.394 e. The predicted octanol–water partition coefficient (Wildman–Crippen LogP) is 9.79. The fourth-order valence-electron chi connectivity index (χ4n) is 8.38. The first kappa shape index (κ1) is 59.6. The van der Waals surface area contributed by atoms with E-state index in [1.807, 2.05) is 0 Å². The number of aliphatic hydroxyl groups excluding tert-OH is 7. The van der Waals surface area contributed by atoms with E-state index in [-0.39, 0.29) is 12.8 Å². The summed E-state index contributed by atoms with van der Waals surface area (Å²) in [6.07, 6.45) is 36.5. The van der Waals surface area contributed by atoms with Crippen molar-refractivity contribution < 1.29 is 50.0 Å². The van der Waals surface area contributed by atoms with Gasteiger partial charge in [-0.15, -0.1) is 0 Å². The van der Waals surface area contributed by atoms with Gasteiger partial charge in [0.15, 0.2) is 6.29 Å². The Bertz CT molecular complexity index is 1080. The van der Waals surface area contributed by atoms with Crippen LogP contribution in [0.4, 0.5) is 0 Å². The second-order valence-electron chi connectivity index (χ2n) is 18.6. The summed E-state index contributed by atoms with van der Waals surface area (Å²) in [6.45, 7) is 3.44. The van der Waals surface area contributed by atoms with E-state index >= 15 is 0 Å². The Kier molecular flexibility index (Phi) is 39.7. The van der Waals surface area contributed by atoms with Crippen molar-refractivity contribution in [2.24, 2.45) is 0 Å². The van der Waals surface area contributed by atoms with Gasteiger partial charge < -0.3 is 50.5 Å². The molecule has 1 aliphatic heterocycles. The molecule has 0 aliphatic carbocycles. The predicted molar refractivity (Wildman–Crippen MR) is 256 cm³/mol. The van der Waals surface area contributed by atoms with Crippen LogP contribution in [0.25, 0.3) is 0 Å². The Hall–Kier alpha value is -1.41. The Balaban J connectivity index is 2.40. The summed E-state index contributed by atoms with van der Waals surface area (Å²) in [5.41, 5.74) is 0. The summed E-state index contributed by atoms with van der Waals surface area (Å²) in [5.74, 6) is -0.710. The zero-order valence-corrected chi connectivity index (χ0v) is 40.3. The van der Waals surface area contributed by atoms with E-state index in [2.05, 4.69) is 43.5 Å². The maximum Gasteiger partial charge on any atom is 0.249 e. The fraction of sp³-hybridized carbons (Fsp3) is 0.904. The first-order chi connectivity index (χ1) is 30.7. The molecule has 11 heteroatoms. The SMILES string of the molecule is CCCCCCCC/C=C\CCCCCCCCC(O)C(=O)NC(COC1OC(CO)C(O)C(O)C1O)C(O)C(O)CCC/C=C/CCCCCCCCCCCCCCCCC. The molecule has 9 unspecified atom stereocenters. The van der Waals surface area contributed by atoms with Crippen LogP contribution in [0.3, 0.4) is 0 Å². The van der Waals surface area contributed by atoms with Gasteiger partial charge in [-0.2, -0.15) is 0 Å². The van der Waals surface area contributed by atoms with Crippen molar-refractivity contribution in [2.45, 2.75) is 287 Å². The summed E-state index contributed by atoms with van der Waals surface area (Å²) in [7, 11) is 0. The summed E-state index contributed by atoms with van der Waals surface area (Å²) < 4.78 is 11.1. The van der Waals surface area contributed by atoms with Crippen LogP contribution < -0.4 is 5.32 Å². The van der Waals surface area contributed by atoms with Crippen LogP contribution in [-0.2, 0) is 14.3 Å². The van der Waals surface area contributed by atoms with Crippen molar-refractivity contribution >= 4 is 5.91 Å². The number of ether oxygens (including phenoxy) is 2. The third kappa shape index (κ3) is 31.2. The third-order valence-electron chi connectivity index (χ3n) is 12.7. The maximum atomic E-state index is 13.1. The number of amides is 1. The molecule has 1 fully saturated rings. The normalized spacial score (nSPS) is 21.3. The van der Waals surface area contributed by atoms with E-state index in [1.165, 1.54) is 135 Å². The minimum atomic E-state index is -1.67. The second kappa shape index (κ2) is 42.0. The van der Waals surface area contributed by atoms with Gasteiger partial charge in [-0.3, -0.25) is 4.79 Å². The molecule has 0 bridgehead atoms. The van der Waals surface area contributed by atoms with Gasteiger partial charge in [0.25, 0.3) is 0 Å². The second-order valence-corrected chi connectivity index (χ2v) is 18.6. The van der Waals surface area contributed by atoms with Crippen LogP contribution in [0.15, 0.2) is 24.3 Å². The number of carbonyl (C=O) groups excluding carboxylic acids is 1. The molecule has 0 spiro atoms. The molecular formula is C52H99NO10. The highest BCUT2D eigenvalue weighted by atomic mass is 16.7. The van der Waals surface area contributed by atoms with Crippen LogP contribution in [0.5, 0.6) is 0 Å². The monoisotopic (exact) mass is 898 g/mol. The van der Waals surface area contributed by atoms with Crippen molar-refractivity contribution in [3.05, 3.63) is 24.3 Å². The number of aliphatic hydroxyl groups is 7. The lowest BCUT2D eigenvalue weighted by molar-refractivity contribution is -0.303. The fourth-order valence-corrected chi connectivity index (χ4v) is 8.38. The number of nitrogens with one attached hydrogen (secondary N) is 1. The summed E-state index contributed by atoms with van der Waals surface area (Å²) in [4.78, 5) is 13.1. The highest BCUT2D eigenvalue weighted by Crippen LogP contribution is 2.23. The van der Waals surface area contributed by atoms with Crippen LogP contribution in [0, 0.1) is 0 Å². The number of unbranched alkanes of at least 4 members (excludes halogenated alkanes) is 28. The van der Waals surface area contributed by atoms with Crippen molar-refractivity contribution in [3.63, 3.8) is 0 Å². The van der Waals surface area contributed by atoms with E-state index in [0.29, 0.717) is 12.8 Å². The molecule has 63 heavy (non-hydrogen) atoms. The number of rotatable bonds is 44. The molecule has 1 amide bonds. The van der Waals surface area contributed by atoms with Gasteiger partial charge in [0, 0.05) is 0 Å². The van der Waals surface area contributed by atoms with E-state index in [9.17, 15) is 40.5 Å². The zero-order chi connectivity index (χ0) is 46.2. The molecule has 1 aliphatic rings. The van der Waals surface area contributed by atoms with Crippen molar-refractivity contribution in [1.29, 1.82) is 0 Å². The Morgan fingerprint density at radius 2 is 0.937 bits per heavy atom. The van der Waals surface area contributed by atoms with Gasteiger partial charge in [0.1, 0.15) is 36.6 Å². The van der Waals surface area contributed by atoms with Crippen LogP contribution >= 0.6 is 0 Å². The lowest BCUT2D eigenvalue weighted by Gasteiger charge is -2.40. The van der Waals surface area contributed by atoms with Gasteiger partial charge in [0.05, 0.1) is 25.4 Å². The highest BCUT2D eigenvalue weighted by Gasteiger charge is 2.44. The molecule has 372 valence electrons. The van der Waals surface area contributed by atoms with Crippen molar-refractivity contribution in [1.82, 2.24) is 5.32 Å². The third-order valence-corrected chi connectivity index (χ3v) is 12.7. The minimum absolute atomic E-state index is 0.248.